The average molecular weight is 805 g/mol. The van der Waals surface area contributed by atoms with E-state index in [0.717, 1.165) is 72.5 Å². The number of hydrogen-bond donors (Lipinski definition) is 0. The molecular weight excluding hydrogens is 765 g/mol. The summed E-state index contributed by atoms with van der Waals surface area (Å²) in [5.41, 5.74) is 17.9. The van der Waals surface area contributed by atoms with Gasteiger partial charge in [-0.15, -0.1) is 0 Å². The van der Waals surface area contributed by atoms with Gasteiger partial charge in [-0.25, -0.2) is 0 Å². The van der Waals surface area contributed by atoms with Gasteiger partial charge in [0, 0.05) is 44.2 Å². The molecule has 0 fully saturated rings. The first kappa shape index (κ1) is 36.5. The topological polar surface area (TPSA) is 21.3 Å². The van der Waals surface area contributed by atoms with E-state index < -0.39 is 0 Å². The van der Waals surface area contributed by atoms with Crippen LogP contribution in [0.5, 0.6) is 0 Å². The smallest absolute Gasteiger partial charge is 0.136 e. The molecule has 0 amide bonds. The number of hydrogen-bond acceptors (Lipinski definition) is 2. The summed E-state index contributed by atoms with van der Waals surface area (Å²) in [6.45, 7) is 0. The van der Waals surface area contributed by atoms with Gasteiger partial charge in [-0.3, -0.25) is 0 Å². The molecule has 2 aromatic heterocycles. The van der Waals surface area contributed by atoms with E-state index in [1.807, 2.05) is 12.1 Å². The molecule has 63 heavy (non-hydrogen) atoms. The Labute approximate surface area is 366 Å². The van der Waals surface area contributed by atoms with Crippen molar-refractivity contribution in [1.29, 1.82) is 0 Å². The molecule has 3 heteroatoms. The molecular formula is C60H40N2O. The van der Waals surface area contributed by atoms with Gasteiger partial charge in [-0.05, 0) is 112 Å². The van der Waals surface area contributed by atoms with E-state index in [1.54, 1.807) is 0 Å². The molecule has 0 radical (unpaired) electrons. The van der Waals surface area contributed by atoms with E-state index in [9.17, 15) is 0 Å². The number of fused-ring (bicyclic) bond motifs is 6. The number of furan rings is 1. The lowest BCUT2D eigenvalue weighted by atomic mass is 9.94. The zero-order chi connectivity index (χ0) is 41.7. The molecule has 2 heterocycles. The van der Waals surface area contributed by atoms with Gasteiger partial charge in [0.1, 0.15) is 11.2 Å². The van der Waals surface area contributed by atoms with Crippen LogP contribution in [0.3, 0.4) is 0 Å². The molecule has 296 valence electrons. The highest BCUT2D eigenvalue weighted by Crippen LogP contribution is 2.43. The third-order valence-corrected chi connectivity index (χ3v) is 12.4. The van der Waals surface area contributed by atoms with Gasteiger partial charge in [0.15, 0.2) is 0 Å². The van der Waals surface area contributed by atoms with Crippen molar-refractivity contribution in [2.24, 2.45) is 0 Å². The number of rotatable bonds is 8. The molecule has 3 nitrogen and oxygen atoms in total. The fraction of sp³-hybridized carbons (Fsp3) is 0. The summed E-state index contributed by atoms with van der Waals surface area (Å²) in [4.78, 5) is 2.38. The minimum absolute atomic E-state index is 0.897. The zero-order valence-corrected chi connectivity index (χ0v) is 34.4. The third-order valence-electron chi connectivity index (χ3n) is 12.4. The van der Waals surface area contributed by atoms with Crippen molar-refractivity contribution < 1.29 is 4.42 Å². The first-order valence-electron chi connectivity index (χ1n) is 21.5. The lowest BCUT2D eigenvalue weighted by molar-refractivity contribution is 0.669. The minimum Gasteiger partial charge on any atom is -0.456 e. The summed E-state index contributed by atoms with van der Waals surface area (Å²) in [6, 6.07) is 87.1. The van der Waals surface area contributed by atoms with Crippen LogP contribution in [0.25, 0.3) is 93.9 Å². The van der Waals surface area contributed by atoms with Gasteiger partial charge in [-0.2, -0.15) is 0 Å². The van der Waals surface area contributed by atoms with Crippen LogP contribution in [-0.2, 0) is 0 Å². The van der Waals surface area contributed by atoms with E-state index in [0.29, 0.717) is 0 Å². The van der Waals surface area contributed by atoms with E-state index in [1.165, 1.54) is 38.5 Å². The first-order valence-corrected chi connectivity index (χ1v) is 21.5. The van der Waals surface area contributed by atoms with Gasteiger partial charge in [-0.1, -0.05) is 170 Å². The second kappa shape index (κ2) is 15.3. The molecule has 0 unspecified atom stereocenters. The Bertz CT molecular complexity index is 3560. The molecule has 0 aliphatic carbocycles. The predicted molar refractivity (Wildman–Crippen MR) is 264 cm³/mol. The molecule has 0 aliphatic rings. The van der Waals surface area contributed by atoms with Crippen LogP contribution in [-0.4, -0.2) is 4.57 Å². The van der Waals surface area contributed by atoms with Crippen LogP contribution >= 0.6 is 0 Å². The fourth-order valence-corrected chi connectivity index (χ4v) is 9.46. The lowest BCUT2D eigenvalue weighted by Crippen LogP contribution is -2.11. The minimum atomic E-state index is 0.897. The summed E-state index contributed by atoms with van der Waals surface area (Å²) in [7, 11) is 0. The Morgan fingerprint density at radius 1 is 0.302 bits per heavy atom. The molecule has 0 bridgehead atoms. The molecule has 0 saturated carbocycles. The Morgan fingerprint density at radius 2 is 0.810 bits per heavy atom. The average Bonchev–Trinajstić information content (AvgIpc) is 3.91. The van der Waals surface area contributed by atoms with E-state index in [2.05, 4.69) is 240 Å². The van der Waals surface area contributed by atoms with Gasteiger partial charge in [0.05, 0.1) is 16.7 Å². The summed E-state index contributed by atoms with van der Waals surface area (Å²) < 4.78 is 8.68. The van der Waals surface area contributed by atoms with Crippen LogP contribution < -0.4 is 4.90 Å². The van der Waals surface area contributed by atoms with Crippen LogP contribution in [0.15, 0.2) is 247 Å². The highest BCUT2D eigenvalue weighted by atomic mass is 16.3. The fourth-order valence-electron chi connectivity index (χ4n) is 9.46. The predicted octanol–water partition coefficient (Wildman–Crippen LogP) is 16.8. The van der Waals surface area contributed by atoms with Crippen LogP contribution in [0.1, 0.15) is 0 Å². The maximum absolute atomic E-state index is 6.30. The zero-order valence-electron chi connectivity index (χ0n) is 34.4. The summed E-state index contributed by atoms with van der Waals surface area (Å²) in [5, 5.41) is 4.79. The molecule has 12 rings (SSSR count). The van der Waals surface area contributed by atoms with Crippen molar-refractivity contribution in [3.8, 4) is 50.2 Å². The molecule has 12 aromatic rings. The maximum atomic E-state index is 6.30. The molecule has 0 aliphatic heterocycles. The molecule has 0 saturated heterocycles. The summed E-state index contributed by atoms with van der Waals surface area (Å²) >= 11 is 0. The molecule has 10 aromatic carbocycles. The Hall–Kier alpha value is -8.40. The van der Waals surface area contributed by atoms with Crippen molar-refractivity contribution in [2.75, 3.05) is 4.90 Å². The normalized spacial score (nSPS) is 11.5. The number of para-hydroxylation sites is 4. The number of nitrogens with zero attached hydrogens (tertiary/aromatic N) is 2. The quantitative estimate of drug-likeness (QED) is 0.153. The molecule has 0 N–H and O–H groups in total. The van der Waals surface area contributed by atoms with Crippen molar-refractivity contribution in [3.63, 3.8) is 0 Å². The molecule has 0 spiro atoms. The van der Waals surface area contributed by atoms with Crippen LogP contribution in [0.2, 0.25) is 0 Å². The largest absolute Gasteiger partial charge is 0.456 e. The van der Waals surface area contributed by atoms with Crippen molar-refractivity contribution in [1.82, 2.24) is 4.57 Å². The Balaban J connectivity index is 0.931. The third kappa shape index (κ3) is 6.38. The van der Waals surface area contributed by atoms with Gasteiger partial charge in [0.25, 0.3) is 0 Å². The van der Waals surface area contributed by atoms with Crippen LogP contribution in [0.4, 0.5) is 17.1 Å². The molecule has 0 atom stereocenters. The van der Waals surface area contributed by atoms with Gasteiger partial charge >= 0.3 is 0 Å². The summed E-state index contributed by atoms with van der Waals surface area (Å²) in [5.74, 6) is 0. The van der Waals surface area contributed by atoms with Gasteiger partial charge in [0.2, 0.25) is 0 Å². The highest BCUT2D eigenvalue weighted by molar-refractivity contribution is 6.09. The number of anilines is 3. The maximum Gasteiger partial charge on any atom is 0.136 e. The van der Waals surface area contributed by atoms with Crippen molar-refractivity contribution in [3.05, 3.63) is 243 Å². The Kier molecular flexibility index (Phi) is 8.83. The van der Waals surface area contributed by atoms with Gasteiger partial charge < -0.3 is 13.9 Å². The standard InChI is InChI=1S/C60H40N2O/c1-2-15-42(16-3-1)51-21-6-10-25-56(51)61(46-34-29-41(30-35-46)44-17-14-18-48(39-44)62-57-26-11-7-22-52(57)53-23-8-12-27-58(53)62)47-36-31-43(32-37-47)49-19-4-5-20-50(49)45-33-38-55-54-24-9-13-28-59(54)63-60(55)40-45/h1-40H. The van der Waals surface area contributed by atoms with E-state index >= 15 is 0 Å². The highest BCUT2D eigenvalue weighted by Gasteiger charge is 2.19. The second-order valence-corrected chi connectivity index (χ2v) is 16.1. The van der Waals surface area contributed by atoms with E-state index in [4.69, 9.17) is 4.42 Å². The second-order valence-electron chi connectivity index (χ2n) is 16.1. The number of aromatic nitrogens is 1. The lowest BCUT2D eigenvalue weighted by Gasteiger charge is -2.28. The first-order chi connectivity index (χ1) is 31.2. The van der Waals surface area contributed by atoms with Crippen molar-refractivity contribution in [2.45, 2.75) is 0 Å². The van der Waals surface area contributed by atoms with E-state index in [-0.39, 0.29) is 0 Å². The SMILES string of the molecule is c1ccc(-c2ccccc2N(c2ccc(-c3cccc(-n4c5ccccc5c5ccccc54)c3)cc2)c2ccc(-c3ccccc3-c3ccc4c(c3)oc3ccccc34)cc2)cc1. The monoisotopic (exact) mass is 804 g/mol. The number of benzene rings is 10. The van der Waals surface area contributed by atoms with Crippen molar-refractivity contribution >= 4 is 60.8 Å². The Morgan fingerprint density at radius 3 is 1.52 bits per heavy atom. The summed E-state index contributed by atoms with van der Waals surface area (Å²) in [6.07, 6.45) is 0. The van der Waals surface area contributed by atoms with Crippen LogP contribution in [0, 0.1) is 0 Å².